The standard InChI is InChI=1S/C16H21N3O2/c1-5-7-14-15(16(20)21-4)17-18-19(14)10-13-11(2)8-6-9-12(13)3/h6,8-9H,5,7,10H2,1-4H3. The van der Waals surface area contributed by atoms with Crippen LogP contribution in [0.1, 0.15) is 46.2 Å². The quantitative estimate of drug-likeness (QED) is 0.793. The second kappa shape index (κ2) is 6.52. The highest BCUT2D eigenvalue weighted by molar-refractivity contribution is 5.88. The number of aromatic nitrogens is 3. The van der Waals surface area contributed by atoms with E-state index in [0.717, 1.165) is 18.5 Å². The third-order valence-electron chi connectivity index (χ3n) is 3.66. The number of methoxy groups -OCH3 is 1. The highest BCUT2D eigenvalue weighted by Crippen LogP contribution is 2.17. The van der Waals surface area contributed by atoms with Gasteiger partial charge in [0.1, 0.15) is 0 Å². The van der Waals surface area contributed by atoms with Gasteiger partial charge in [0.15, 0.2) is 5.69 Å². The lowest BCUT2D eigenvalue weighted by Gasteiger charge is -2.11. The Bertz CT molecular complexity index is 627. The first kappa shape index (κ1) is 15.2. The van der Waals surface area contributed by atoms with Crippen LogP contribution >= 0.6 is 0 Å². The maximum absolute atomic E-state index is 11.8. The second-order valence-electron chi connectivity index (χ2n) is 5.15. The van der Waals surface area contributed by atoms with Gasteiger partial charge in [-0.25, -0.2) is 9.48 Å². The molecule has 112 valence electrons. The van der Waals surface area contributed by atoms with E-state index in [0.29, 0.717) is 12.2 Å². The number of benzene rings is 1. The van der Waals surface area contributed by atoms with Gasteiger partial charge in [-0.1, -0.05) is 36.8 Å². The summed E-state index contributed by atoms with van der Waals surface area (Å²) >= 11 is 0. The highest BCUT2D eigenvalue weighted by atomic mass is 16.5. The summed E-state index contributed by atoms with van der Waals surface area (Å²) in [7, 11) is 1.36. The molecule has 0 saturated carbocycles. The molecular formula is C16H21N3O2. The Labute approximate surface area is 124 Å². The average molecular weight is 287 g/mol. The molecule has 0 N–H and O–H groups in total. The van der Waals surface area contributed by atoms with Crippen molar-refractivity contribution in [3.63, 3.8) is 0 Å². The van der Waals surface area contributed by atoms with Gasteiger partial charge in [-0.15, -0.1) is 5.10 Å². The summed E-state index contributed by atoms with van der Waals surface area (Å²) < 4.78 is 6.59. The molecule has 2 aromatic rings. The van der Waals surface area contributed by atoms with Crippen LogP contribution in [0.25, 0.3) is 0 Å². The van der Waals surface area contributed by atoms with Gasteiger partial charge in [-0.2, -0.15) is 0 Å². The fraction of sp³-hybridized carbons (Fsp3) is 0.438. The topological polar surface area (TPSA) is 57.0 Å². The number of hydrogen-bond donors (Lipinski definition) is 0. The Balaban J connectivity index is 2.40. The first-order valence-electron chi connectivity index (χ1n) is 7.14. The number of ether oxygens (including phenoxy) is 1. The van der Waals surface area contributed by atoms with E-state index in [2.05, 4.69) is 43.2 Å². The maximum Gasteiger partial charge on any atom is 0.360 e. The Morgan fingerprint density at radius 2 is 1.95 bits per heavy atom. The Kier molecular flexibility index (Phi) is 4.73. The summed E-state index contributed by atoms with van der Waals surface area (Å²) in [5, 5.41) is 8.15. The van der Waals surface area contributed by atoms with Crippen molar-refractivity contribution >= 4 is 5.97 Å². The third kappa shape index (κ3) is 3.12. The van der Waals surface area contributed by atoms with Crippen molar-refractivity contribution in [2.24, 2.45) is 0 Å². The minimum atomic E-state index is -0.425. The Hall–Kier alpha value is -2.17. The first-order chi connectivity index (χ1) is 10.1. The number of carbonyl (C=O) groups excluding carboxylic acids is 1. The molecule has 0 fully saturated rings. The van der Waals surface area contributed by atoms with Gasteiger partial charge in [-0.05, 0) is 37.0 Å². The van der Waals surface area contributed by atoms with Crippen LogP contribution in [-0.2, 0) is 17.7 Å². The molecular weight excluding hydrogens is 266 g/mol. The molecule has 21 heavy (non-hydrogen) atoms. The largest absolute Gasteiger partial charge is 0.464 e. The number of esters is 1. The Morgan fingerprint density at radius 1 is 1.29 bits per heavy atom. The minimum Gasteiger partial charge on any atom is -0.464 e. The van der Waals surface area contributed by atoms with Gasteiger partial charge >= 0.3 is 5.97 Å². The van der Waals surface area contributed by atoms with E-state index in [1.807, 2.05) is 10.7 Å². The normalized spacial score (nSPS) is 10.7. The number of carbonyl (C=O) groups is 1. The van der Waals surface area contributed by atoms with Crippen LogP contribution in [0, 0.1) is 13.8 Å². The molecule has 5 nitrogen and oxygen atoms in total. The summed E-state index contributed by atoms with van der Waals surface area (Å²) in [6, 6.07) is 6.21. The van der Waals surface area contributed by atoms with Crippen molar-refractivity contribution in [2.75, 3.05) is 7.11 Å². The van der Waals surface area contributed by atoms with Gasteiger partial charge in [0.25, 0.3) is 0 Å². The van der Waals surface area contributed by atoms with Crippen LogP contribution < -0.4 is 0 Å². The van der Waals surface area contributed by atoms with Crippen molar-refractivity contribution in [1.29, 1.82) is 0 Å². The number of rotatable bonds is 5. The van der Waals surface area contributed by atoms with Crippen LogP contribution in [0.4, 0.5) is 0 Å². The van der Waals surface area contributed by atoms with Gasteiger partial charge in [-0.3, -0.25) is 0 Å². The lowest BCUT2D eigenvalue weighted by Crippen LogP contribution is -2.11. The number of nitrogens with zero attached hydrogens (tertiary/aromatic N) is 3. The van der Waals surface area contributed by atoms with Crippen LogP contribution in [0.2, 0.25) is 0 Å². The third-order valence-corrected chi connectivity index (χ3v) is 3.66. The SMILES string of the molecule is CCCc1c(C(=O)OC)nnn1Cc1c(C)cccc1C. The zero-order valence-corrected chi connectivity index (χ0v) is 13.0. The van der Waals surface area contributed by atoms with Crippen molar-refractivity contribution in [2.45, 2.75) is 40.2 Å². The van der Waals surface area contributed by atoms with E-state index < -0.39 is 5.97 Å². The van der Waals surface area contributed by atoms with Crippen LogP contribution in [-0.4, -0.2) is 28.1 Å². The summed E-state index contributed by atoms with van der Waals surface area (Å²) in [5.41, 5.74) is 4.81. The molecule has 1 heterocycles. The van der Waals surface area contributed by atoms with E-state index in [4.69, 9.17) is 4.74 Å². The van der Waals surface area contributed by atoms with E-state index in [1.54, 1.807) is 0 Å². The zero-order valence-electron chi connectivity index (χ0n) is 13.0. The zero-order chi connectivity index (χ0) is 15.4. The van der Waals surface area contributed by atoms with Crippen molar-refractivity contribution in [1.82, 2.24) is 15.0 Å². The summed E-state index contributed by atoms with van der Waals surface area (Å²) in [6.07, 6.45) is 1.67. The van der Waals surface area contributed by atoms with Crippen molar-refractivity contribution in [3.05, 3.63) is 46.3 Å². The maximum atomic E-state index is 11.8. The second-order valence-corrected chi connectivity index (χ2v) is 5.15. The molecule has 0 aliphatic carbocycles. The van der Waals surface area contributed by atoms with Crippen molar-refractivity contribution in [3.8, 4) is 0 Å². The molecule has 0 spiro atoms. The monoisotopic (exact) mass is 287 g/mol. The van der Waals surface area contributed by atoms with E-state index in [-0.39, 0.29) is 0 Å². The van der Waals surface area contributed by atoms with Crippen LogP contribution in [0.15, 0.2) is 18.2 Å². The minimum absolute atomic E-state index is 0.325. The molecule has 5 heteroatoms. The van der Waals surface area contributed by atoms with Crippen LogP contribution in [0.3, 0.4) is 0 Å². The fourth-order valence-electron chi connectivity index (χ4n) is 2.45. The summed E-state index contributed by atoms with van der Waals surface area (Å²) in [6.45, 7) is 6.86. The number of aryl methyl sites for hydroxylation is 2. The van der Waals surface area contributed by atoms with Gasteiger partial charge in [0, 0.05) is 0 Å². The summed E-state index contributed by atoms with van der Waals surface area (Å²) in [5.74, 6) is -0.425. The smallest absolute Gasteiger partial charge is 0.360 e. The molecule has 0 radical (unpaired) electrons. The van der Waals surface area contributed by atoms with Gasteiger partial charge < -0.3 is 4.74 Å². The molecule has 1 aromatic carbocycles. The predicted molar refractivity (Wildman–Crippen MR) is 80.4 cm³/mol. The number of hydrogen-bond acceptors (Lipinski definition) is 4. The lowest BCUT2D eigenvalue weighted by atomic mass is 10.0. The van der Waals surface area contributed by atoms with Gasteiger partial charge in [0.2, 0.25) is 0 Å². The summed E-state index contributed by atoms with van der Waals surface area (Å²) in [4.78, 5) is 11.8. The van der Waals surface area contributed by atoms with E-state index in [9.17, 15) is 4.79 Å². The molecule has 0 unspecified atom stereocenters. The Morgan fingerprint density at radius 3 is 2.52 bits per heavy atom. The van der Waals surface area contributed by atoms with Gasteiger partial charge in [0.05, 0.1) is 19.3 Å². The molecule has 0 aliphatic heterocycles. The van der Waals surface area contributed by atoms with E-state index in [1.165, 1.54) is 23.8 Å². The molecule has 0 aliphatic rings. The molecule has 2 rings (SSSR count). The molecule has 0 amide bonds. The molecule has 1 aromatic heterocycles. The average Bonchev–Trinajstić information content (AvgIpc) is 2.86. The fourth-order valence-corrected chi connectivity index (χ4v) is 2.45. The first-order valence-corrected chi connectivity index (χ1v) is 7.14. The van der Waals surface area contributed by atoms with E-state index >= 15 is 0 Å². The highest BCUT2D eigenvalue weighted by Gasteiger charge is 2.20. The molecule has 0 atom stereocenters. The van der Waals surface area contributed by atoms with Crippen molar-refractivity contribution < 1.29 is 9.53 Å². The molecule has 0 bridgehead atoms. The molecule has 0 saturated heterocycles. The lowest BCUT2D eigenvalue weighted by molar-refractivity contribution is 0.0592. The van der Waals surface area contributed by atoms with Crippen LogP contribution in [0.5, 0.6) is 0 Å². The predicted octanol–water partition coefficient (Wildman–Crippen LogP) is 2.68.